The van der Waals surface area contributed by atoms with Gasteiger partial charge in [0.05, 0.1) is 11.7 Å². The molecule has 0 saturated carbocycles. The van der Waals surface area contributed by atoms with E-state index in [1.807, 2.05) is 39.0 Å². The van der Waals surface area contributed by atoms with Crippen molar-refractivity contribution in [1.82, 2.24) is 15.2 Å². The molecule has 0 aliphatic rings. The van der Waals surface area contributed by atoms with Gasteiger partial charge in [-0.25, -0.2) is 4.79 Å². The van der Waals surface area contributed by atoms with E-state index in [2.05, 4.69) is 10.3 Å². The first-order valence-electron chi connectivity index (χ1n) is 5.65. The number of nitrogens with one attached hydrogen (secondary N) is 1. The lowest BCUT2D eigenvalue weighted by molar-refractivity contribution is 0.199. The molecule has 4 nitrogen and oxygen atoms in total. The van der Waals surface area contributed by atoms with Crippen LogP contribution in [-0.4, -0.2) is 29.0 Å². The van der Waals surface area contributed by atoms with Gasteiger partial charge in [0.2, 0.25) is 0 Å². The predicted octanol–water partition coefficient (Wildman–Crippen LogP) is 2.19. The third-order valence-corrected chi connectivity index (χ3v) is 2.52. The zero-order valence-electron chi connectivity index (χ0n) is 10.1. The van der Waals surface area contributed by atoms with Gasteiger partial charge >= 0.3 is 6.03 Å². The van der Waals surface area contributed by atoms with Crippen molar-refractivity contribution in [3.8, 4) is 0 Å². The summed E-state index contributed by atoms with van der Waals surface area (Å²) in [6.07, 6.45) is 1.73. The van der Waals surface area contributed by atoms with E-state index in [4.69, 9.17) is 0 Å². The summed E-state index contributed by atoms with van der Waals surface area (Å²) in [5.41, 5.74) is 0.878. The molecule has 0 aromatic carbocycles. The highest BCUT2D eigenvalue weighted by molar-refractivity contribution is 5.74. The summed E-state index contributed by atoms with van der Waals surface area (Å²) in [6.45, 7) is 7.31. The van der Waals surface area contributed by atoms with E-state index in [-0.39, 0.29) is 12.1 Å². The molecule has 1 rings (SSSR count). The normalized spacial score (nSPS) is 11.9. The second-order valence-corrected chi connectivity index (χ2v) is 3.60. The second-order valence-electron chi connectivity index (χ2n) is 3.60. The molecule has 4 heteroatoms. The van der Waals surface area contributed by atoms with E-state index in [0.717, 1.165) is 18.8 Å². The number of pyridine rings is 1. The molecular formula is C12H19N3O. The van der Waals surface area contributed by atoms with Crippen LogP contribution in [0.2, 0.25) is 0 Å². The molecule has 0 spiro atoms. The van der Waals surface area contributed by atoms with E-state index in [0.29, 0.717) is 0 Å². The van der Waals surface area contributed by atoms with Crippen LogP contribution in [0.15, 0.2) is 24.4 Å². The lowest BCUT2D eigenvalue weighted by Gasteiger charge is -2.22. The first-order valence-corrected chi connectivity index (χ1v) is 5.65. The van der Waals surface area contributed by atoms with E-state index < -0.39 is 0 Å². The van der Waals surface area contributed by atoms with Crippen LogP contribution in [-0.2, 0) is 0 Å². The van der Waals surface area contributed by atoms with Gasteiger partial charge in [-0.3, -0.25) is 4.98 Å². The lowest BCUT2D eigenvalue weighted by Crippen LogP contribution is -2.40. The van der Waals surface area contributed by atoms with Crippen LogP contribution in [0.25, 0.3) is 0 Å². The van der Waals surface area contributed by atoms with Crippen molar-refractivity contribution in [2.75, 3.05) is 13.1 Å². The predicted molar refractivity (Wildman–Crippen MR) is 64.1 cm³/mol. The van der Waals surface area contributed by atoms with Crippen LogP contribution in [0.5, 0.6) is 0 Å². The van der Waals surface area contributed by atoms with Gasteiger partial charge in [0.15, 0.2) is 0 Å². The lowest BCUT2D eigenvalue weighted by atomic mass is 10.2. The quantitative estimate of drug-likeness (QED) is 0.847. The molecule has 88 valence electrons. The van der Waals surface area contributed by atoms with Gasteiger partial charge in [-0.2, -0.15) is 0 Å². The van der Waals surface area contributed by atoms with Crippen molar-refractivity contribution in [1.29, 1.82) is 0 Å². The smallest absolute Gasteiger partial charge is 0.317 e. The molecule has 0 radical (unpaired) electrons. The summed E-state index contributed by atoms with van der Waals surface area (Å²) in [7, 11) is 0. The van der Waals surface area contributed by atoms with Crippen molar-refractivity contribution in [2.45, 2.75) is 26.8 Å². The summed E-state index contributed by atoms with van der Waals surface area (Å²) in [5.74, 6) is 0. The first kappa shape index (κ1) is 12.5. The number of carbonyl (C=O) groups is 1. The fourth-order valence-corrected chi connectivity index (χ4v) is 1.49. The van der Waals surface area contributed by atoms with E-state index >= 15 is 0 Å². The Labute approximate surface area is 96.7 Å². The Morgan fingerprint density at radius 3 is 2.62 bits per heavy atom. The van der Waals surface area contributed by atoms with E-state index in [1.165, 1.54) is 0 Å². The third kappa shape index (κ3) is 3.22. The van der Waals surface area contributed by atoms with Gasteiger partial charge < -0.3 is 10.2 Å². The average Bonchev–Trinajstić information content (AvgIpc) is 2.31. The van der Waals surface area contributed by atoms with Crippen LogP contribution < -0.4 is 5.32 Å². The van der Waals surface area contributed by atoms with Crippen molar-refractivity contribution in [2.24, 2.45) is 0 Å². The minimum Gasteiger partial charge on any atom is -0.330 e. The number of nitrogens with zero attached hydrogens (tertiary/aromatic N) is 2. The van der Waals surface area contributed by atoms with Gasteiger partial charge in [0.25, 0.3) is 0 Å². The van der Waals surface area contributed by atoms with Crippen molar-refractivity contribution >= 4 is 6.03 Å². The van der Waals surface area contributed by atoms with Crippen LogP contribution in [0, 0.1) is 0 Å². The van der Waals surface area contributed by atoms with Crippen molar-refractivity contribution in [3.05, 3.63) is 30.1 Å². The maximum atomic E-state index is 11.8. The topological polar surface area (TPSA) is 45.2 Å². The standard InChI is InChI=1S/C12H19N3O/c1-4-15(5-2)12(16)14-10(3)11-8-6-7-9-13-11/h6-10H,4-5H2,1-3H3,(H,14,16). The molecule has 1 atom stereocenters. The van der Waals surface area contributed by atoms with Gasteiger partial charge in [-0.15, -0.1) is 0 Å². The molecule has 16 heavy (non-hydrogen) atoms. The zero-order chi connectivity index (χ0) is 12.0. The highest BCUT2D eigenvalue weighted by Crippen LogP contribution is 2.08. The Morgan fingerprint density at radius 1 is 1.44 bits per heavy atom. The molecule has 0 aliphatic heterocycles. The first-order chi connectivity index (χ1) is 7.69. The maximum Gasteiger partial charge on any atom is 0.317 e. The molecule has 0 bridgehead atoms. The van der Waals surface area contributed by atoms with Crippen molar-refractivity contribution in [3.63, 3.8) is 0 Å². The van der Waals surface area contributed by atoms with Gasteiger partial charge in [0.1, 0.15) is 0 Å². The number of carbonyl (C=O) groups excluding carboxylic acids is 1. The van der Waals surface area contributed by atoms with Gasteiger partial charge in [0, 0.05) is 19.3 Å². The van der Waals surface area contributed by atoms with Crippen LogP contribution in [0.3, 0.4) is 0 Å². The second kappa shape index (κ2) is 6.10. The number of amides is 2. The summed E-state index contributed by atoms with van der Waals surface area (Å²) >= 11 is 0. The van der Waals surface area contributed by atoms with Crippen LogP contribution >= 0.6 is 0 Å². The summed E-state index contributed by atoms with van der Waals surface area (Å²) in [4.78, 5) is 17.7. The number of hydrogen-bond acceptors (Lipinski definition) is 2. The largest absolute Gasteiger partial charge is 0.330 e. The Kier molecular flexibility index (Phi) is 4.76. The van der Waals surface area contributed by atoms with Gasteiger partial charge in [-0.1, -0.05) is 6.07 Å². The monoisotopic (exact) mass is 221 g/mol. The van der Waals surface area contributed by atoms with Crippen LogP contribution in [0.1, 0.15) is 32.5 Å². The number of urea groups is 1. The highest BCUT2D eigenvalue weighted by Gasteiger charge is 2.13. The summed E-state index contributed by atoms with van der Waals surface area (Å²) < 4.78 is 0. The highest BCUT2D eigenvalue weighted by atomic mass is 16.2. The number of rotatable bonds is 4. The fourth-order valence-electron chi connectivity index (χ4n) is 1.49. The molecular weight excluding hydrogens is 202 g/mol. The third-order valence-electron chi connectivity index (χ3n) is 2.52. The molecule has 1 N–H and O–H groups in total. The Hall–Kier alpha value is -1.58. The molecule has 0 saturated heterocycles. The van der Waals surface area contributed by atoms with E-state index in [9.17, 15) is 4.79 Å². The maximum absolute atomic E-state index is 11.8. The minimum atomic E-state index is -0.0608. The molecule has 2 amide bonds. The Bertz CT molecular complexity index is 322. The fraction of sp³-hybridized carbons (Fsp3) is 0.500. The molecule has 1 aromatic heterocycles. The summed E-state index contributed by atoms with van der Waals surface area (Å²) in [6, 6.07) is 5.59. The summed E-state index contributed by atoms with van der Waals surface area (Å²) in [5, 5.41) is 2.92. The van der Waals surface area contributed by atoms with Gasteiger partial charge in [-0.05, 0) is 32.9 Å². The molecule has 1 aromatic rings. The van der Waals surface area contributed by atoms with E-state index in [1.54, 1.807) is 11.1 Å². The zero-order valence-corrected chi connectivity index (χ0v) is 10.1. The molecule has 1 unspecified atom stereocenters. The number of aromatic nitrogens is 1. The van der Waals surface area contributed by atoms with Crippen molar-refractivity contribution < 1.29 is 4.79 Å². The average molecular weight is 221 g/mol. The molecule has 0 fully saturated rings. The van der Waals surface area contributed by atoms with Crippen LogP contribution in [0.4, 0.5) is 4.79 Å². The molecule has 1 heterocycles. The number of hydrogen-bond donors (Lipinski definition) is 1. The minimum absolute atomic E-state index is 0.0387. The SMILES string of the molecule is CCN(CC)C(=O)NC(C)c1ccccn1. The Morgan fingerprint density at radius 2 is 2.12 bits per heavy atom. The molecule has 0 aliphatic carbocycles. The Balaban J connectivity index is 2.58.